The Hall–Kier alpha value is -4.46. The number of nitrogens with zero attached hydrogens (tertiary/aromatic N) is 3. The topological polar surface area (TPSA) is 102 Å². The van der Waals surface area contributed by atoms with Crippen LogP contribution in [0.3, 0.4) is 0 Å². The van der Waals surface area contributed by atoms with Gasteiger partial charge in [-0.25, -0.2) is 4.68 Å². The monoisotopic (exact) mass is 441 g/mol. The van der Waals surface area contributed by atoms with Gasteiger partial charge in [0.1, 0.15) is 5.69 Å². The van der Waals surface area contributed by atoms with Crippen molar-refractivity contribution in [1.29, 1.82) is 0 Å². The van der Waals surface area contributed by atoms with Crippen LogP contribution < -0.4 is 10.6 Å². The molecule has 0 aliphatic rings. The summed E-state index contributed by atoms with van der Waals surface area (Å²) >= 11 is 0. The Labute approximate surface area is 191 Å². The molecule has 0 aliphatic carbocycles. The zero-order valence-electron chi connectivity index (χ0n) is 18.3. The molecule has 4 aromatic rings. The summed E-state index contributed by atoms with van der Waals surface area (Å²) in [5.41, 5.74) is 4.26. The van der Waals surface area contributed by atoms with Gasteiger partial charge in [0.25, 0.3) is 11.6 Å². The van der Waals surface area contributed by atoms with Gasteiger partial charge in [-0.2, -0.15) is 5.10 Å². The Morgan fingerprint density at radius 2 is 1.67 bits per heavy atom. The number of nitro benzene ring substituents is 1. The van der Waals surface area contributed by atoms with E-state index in [2.05, 4.69) is 15.7 Å². The molecule has 0 atom stereocenters. The van der Waals surface area contributed by atoms with Crippen LogP contribution in [0.4, 0.5) is 17.1 Å². The lowest BCUT2D eigenvalue weighted by Gasteiger charge is -2.10. The third-order valence-corrected chi connectivity index (χ3v) is 5.31. The van der Waals surface area contributed by atoms with E-state index in [1.54, 1.807) is 23.7 Å². The van der Waals surface area contributed by atoms with Crippen molar-refractivity contribution in [3.8, 4) is 5.69 Å². The third-order valence-electron chi connectivity index (χ3n) is 5.31. The minimum Gasteiger partial charge on any atom is -0.375 e. The molecule has 2 N–H and O–H groups in total. The molecule has 0 radical (unpaired) electrons. The van der Waals surface area contributed by atoms with Crippen molar-refractivity contribution in [3.05, 3.63) is 111 Å². The number of nitro groups is 1. The molecule has 1 aromatic heterocycles. The highest BCUT2D eigenvalue weighted by atomic mass is 16.6. The maximum absolute atomic E-state index is 12.9. The molecular weight excluding hydrogens is 418 g/mol. The van der Waals surface area contributed by atoms with Gasteiger partial charge in [-0.05, 0) is 43.7 Å². The second-order valence-corrected chi connectivity index (χ2v) is 7.58. The van der Waals surface area contributed by atoms with Crippen LogP contribution >= 0.6 is 0 Å². The first-order valence-electron chi connectivity index (χ1n) is 10.4. The predicted octanol–water partition coefficient (Wildman–Crippen LogP) is 5.26. The van der Waals surface area contributed by atoms with E-state index in [1.807, 2.05) is 67.6 Å². The first-order valence-corrected chi connectivity index (χ1v) is 10.4. The van der Waals surface area contributed by atoms with E-state index in [9.17, 15) is 14.9 Å². The molecule has 8 nitrogen and oxygen atoms in total. The largest absolute Gasteiger partial charge is 0.375 e. The number of benzene rings is 3. The van der Waals surface area contributed by atoms with Gasteiger partial charge >= 0.3 is 0 Å². The lowest BCUT2D eigenvalue weighted by atomic mass is 10.1. The van der Waals surface area contributed by atoms with Gasteiger partial charge in [-0.1, -0.05) is 48.5 Å². The van der Waals surface area contributed by atoms with Crippen molar-refractivity contribution in [2.75, 3.05) is 10.6 Å². The average molecular weight is 441 g/mol. The number of anilines is 2. The molecular formula is C25H23N5O3. The van der Waals surface area contributed by atoms with Gasteiger partial charge in [0.2, 0.25) is 0 Å². The zero-order chi connectivity index (χ0) is 23.4. The molecule has 0 saturated heterocycles. The second-order valence-electron chi connectivity index (χ2n) is 7.58. The summed E-state index contributed by atoms with van der Waals surface area (Å²) in [5.74, 6) is -0.438. The number of amides is 1. The predicted molar refractivity (Wildman–Crippen MR) is 128 cm³/mol. The lowest BCUT2D eigenvalue weighted by Crippen LogP contribution is -2.14. The van der Waals surface area contributed by atoms with E-state index in [4.69, 9.17) is 0 Å². The molecule has 0 fully saturated rings. The van der Waals surface area contributed by atoms with Crippen LogP contribution in [0.2, 0.25) is 0 Å². The van der Waals surface area contributed by atoms with E-state index in [-0.39, 0.29) is 11.3 Å². The molecule has 4 rings (SSSR count). The van der Waals surface area contributed by atoms with Crippen molar-refractivity contribution in [3.63, 3.8) is 0 Å². The Morgan fingerprint density at radius 1 is 1.00 bits per heavy atom. The fourth-order valence-electron chi connectivity index (χ4n) is 3.60. The fourth-order valence-corrected chi connectivity index (χ4v) is 3.60. The number of carbonyl (C=O) groups excluding carboxylic acids is 1. The molecule has 1 amide bonds. The van der Waals surface area contributed by atoms with Crippen molar-refractivity contribution >= 4 is 23.0 Å². The summed E-state index contributed by atoms with van der Waals surface area (Å²) in [6.07, 6.45) is 0. The molecule has 0 saturated carbocycles. The maximum Gasteiger partial charge on any atom is 0.293 e. The number of rotatable bonds is 7. The molecule has 3 aromatic carbocycles. The highest BCUT2D eigenvalue weighted by molar-refractivity contribution is 6.05. The van der Waals surface area contributed by atoms with Crippen molar-refractivity contribution in [2.24, 2.45) is 0 Å². The number of nitrogens with one attached hydrogen (secondary N) is 2. The van der Waals surface area contributed by atoms with Gasteiger partial charge in [0, 0.05) is 18.2 Å². The number of carbonyl (C=O) groups is 1. The summed E-state index contributed by atoms with van der Waals surface area (Å²) in [6.45, 7) is 4.10. The maximum atomic E-state index is 12.9. The quantitative estimate of drug-likeness (QED) is 0.301. The van der Waals surface area contributed by atoms with Crippen LogP contribution in [0.5, 0.6) is 0 Å². The van der Waals surface area contributed by atoms with Crippen molar-refractivity contribution < 1.29 is 9.72 Å². The lowest BCUT2D eigenvalue weighted by molar-refractivity contribution is -0.384. The van der Waals surface area contributed by atoms with Crippen molar-refractivity contribution in [2.45, 2.75) is 20.4 Å². The van der Waals surface area contributed by atoms with Gasteiger partial charge in [0.15, 0.2) is 0 Å². The Kier molecular flexibility index (Phi) is 6.17. The van der Waals surface area contributed by atoms with Gasteiger partial charge in [0.05, 0.1) is 27.7 Å². The van der Waals surface area contributed by atoms with Gasteiger partial charge < -0.3 is 10.6 Å². The summed E-state index contributed by atoms with van der Waals surface area (Å²) in [4.78, 5) is 24.1. The van der Waals surface area contributed by atoms with Crippen molar-refractivity contribution in [1.82, 2.24) is 9.78 Å². The molecule has 166 valence electrons. The standard InChI is InChI=1S/C25H23N5O3/c1-17-24(18(2)29(28-17)21-11-7-4-8-12-21)27-25(31)20-13-14-22(23(15-20)30(32)33)26-16-19-9-5-3-6-10-19/h3-15,26H,16H2,1-2H3,(H,27,31). The van der Waals surface area contributed by atoms with E-state index in [0.717, 1.165) is 16.9 Å². The highest BCUT2D eigenvalue weighted by Crippen LogP contribution is 2.28. The molecule has 0 bridgehead atoms. The summed E-state index contributed by atoms with van der Waals surface area (Å²) in [6, 6.07) is 23.6. The third kappa shape index (κ3) is 4.74. The van der Waals surface area contributed by atoms with Crippen LogP contribution in [0.25, 0.3) is 5.69 Å². The second kappa shape index (κ2) is 9.35. The van der Waals surface area contributed by atoms with E-state index < -0.39 is 10.8 Å². The molecule has 0 spiro atoms. The first-order chi connectivity index (χ1) is 15.9. The van der Waals surface area contributed by atoms with Gasteiger partial charge in [-0.15, -0.1) is 0 Å². The smallest absolute Gasteiger partial charge is 0.293 e. The Morgan fingerprint density at radius 3 is 2.33 bits per heavy atom. The van der Waals surface area contributed by atoms with E-state index >= 15 is 0 Å². The molecule has 33 heavy (non-hydrogen) atoms. The van der Waals surface area contributed by atoms with Gasteiger partial charge in [-0.3, -0.25) is 14.9 Å². The molecule has 1 heterocycles. The van der Waals surface area contributed by atoms with Crippen LogP contribution in [0.15, 0.2) is 78.9 Å². The van der Waals surface area contributed by atoms with E-state index in [0.29, 0.717) is 23.6 Å². The Balaban J connectivity index is 1.56. The average Bonchev–Trinajstić information content (AvgIpc) is 3.12. The number of para-hydroxylation sites is 1. The minimum atomic E-state index is -0.492. The molecule has 8 heteroatoms. The normalized spacial score (nSPS) is 10.6. The van der Waals surface area contributed by atoms with Crippen LogP contribution in [-0.2, 0) is 6.54 Å². The first kappa shape index (κ1) is 21.8. The molecule has 0 unspecified atom stereocenters. The minimum absolute atomic E-state index is 0.160. The number of aromatic nitrogens is 2. The number of hydrogen-bond acceptors (Lipinski definition) is 5. The van der Waals surface area contributed by atoms with Crippen LogP contribution in [-0.4, -0.2) is 20.6 Å². The van der Waals surface area contributed by atoms with E-state index in [1.165, 1.54) is 6.07 Å². The Bertz CT molecular complexity index is 1300. The highest BCUT2D eigenvalue weighted by Gasteiger charge is 2.20. The zero-order valence-corrected chi connectivity index (χ0v) is 18.3. The van der Waals surface area contributed by atoms with Crippen LogP contribution in [0, 0.1) is 24.0 Å². The number of aryl methyl sites for hydroxylation is 1. The summed E-state index contributed by atoms with van der Waals surface area (Å²) < 4.78 is 1.75. The summed E-state index contributed by atoms with van der Waals surface area (Å²) in [7, 11) is 0. The number of hydrogen-bond donors (Lipinski definition) is 2. The molecule has 0 aliphatic heterocycles. The van der Waals surface area contributed by atoms with Crippen LogP contribution in [0.1, 0.15) is 27.3 Å². The SMILES string of the molecule is Cc1nn(-c2ccccc2)c(C)c1NC(=O)c1ccc(NCc2ccccc2)c([N+](=O)[O-])c1. The summed E-state index contributed by atoms with van der Waals surface area (Å²) in [5, 5.41) is 22.1. The fraction of sp³-hybridized carbons (Fsp3) is 0.120.